The zero-order chi connectivity index (χ0) is 27.1. The Hall–Kier alpha value is -4.24. The quantitative estimate of drug-likeness (QED) is 0.254. The van der Waals surface area contributed by atoms with E-state index >= 15 is 0 Å². The Balaban J connectivity index is 1.29. The fourth-order valence-electron chi connectivity index (χ4n) is 5.20. The summed E-state index contributed by atoms with van der Waals surface area (Å²) in [5.74, 6) is 0. The molecule has 1 atom stereocenters. The molecule has 1 aliphatic heterocycles. The van der Waals surface area contributed by atoms with E-state index in [1.165, 1.54) is 4.57 Å². The maximum atomic E-state index is 12.9. The van der Waals surface area contributed by atoms with Crippen LogP contribution in [0.2, 0.25) is 0 Å². The van der Waals surface area contributed by atoms with E-state index in [1.807, 2.05) is 45.9 Å². The van der Waals surface area contributed by atoms with E-state index in [-0.39, 0.29) is 11.9 Å². The minimum absolute atomic E-state index is 0.0293. The van der Waals surface area contributed by atoms with Gasteiger partial charge in [-0.3, -0.25) is 4.79 Å². The number of hydrogen-bond donors (Lipinski definition) is 0. The average Bonchev–Trinajstić information content (AvgIpc) is 3.64. The summed E-state index contributed by atoms with van der Waals surface area (Å²) < 4.78 is 16.8. The van der Waals surface area contributed by atoms with Crippen molar-refractivity contribution in [2.45, 2.75) is 58.4 Å². The number of aromatic nitrogens is 5. The Morgan fingerprint density at radius 3 is 2.79 bits per heavy atom. The molecule has 0 saturated carbocycles. The summed E-state index contributed by atoms with van der Waals surface area (Å²) in [5.41, 5.74) is 4.08. The van der Waals surface area contributed by atoms with E-state index in [0.29, 0.717) is 18.3 Å². The lowest BCUT2D eigenvalue weighted by atomic mass is 10.1. The lowest BCUT2D eigenvalue weighted by Crippen LogP contribution is -2.28. The normalized spacial score (nSPS) is 16.1. The predicted molar refractivity (Wildman–Crippen MR) is 148 cm³/mol. The molecular weight excluding hydrogens is 494 g/mol. The van der Waals surface area contributed by atoms with Crippen LogP contribution in [0.3, 0.4) is 0 Å². The van der Waals surface area contributed by atoms with E-state index < -0.39 is 11.7 Å². The Labute approximate surface area is 225 Å². The van der Waals surface area contributed by atoms with Gasteiger partial charge in [0.15, 0.2) is 12.5 Å². The molecule has 4 heterocycles. The van der Waals surface area contributed by atoms with Gasteiger partial charge in [0.25, 0.3) is 0 Å². The Kier molecular flexibility index (Phi) is 6.31. The molecule has 0 bridgehead atoms. The van der Waals surface area contributed by atoms with Crippen LogP contribution in [0.15, 0.2) is 61.2 Å². The molecule has 39 heavy (non-hydrogen) atoms. The summed E-state index contributed by atoms with van der Waals surface area (Å²) in [6.07, 6.45) is 8.98. The molecule has 0 radical (unpaired) electrons. The number of rotatable bonds is 5. The van der Waals surface area contributed by atoms with Crippen molar-refractivity contribution in [3.05, 3.63) is 72.4 Å². The number of imidazole rings is 1. The summed E-state index contributed by atoms with van der Waals surface area (Å²) in [5, 5.41) is 6.49. The molecule has 0 N–H and O–H groups in total. The van der Waals surface area contributed by atoms with Crippen molar-refractivity contribution < 1.29 is 19.1 Å². The van der Waals surface area contributed by atoms with Gasteiger partial charge in [0.05, 0.1) is 34.9 Å². The number of aldehydes is 1. The van der Waals surface area contributed by atoms with Crippen molar-refractivity contribution in [2.75, 3.05) is 6.61 Å². The zero-order valence-corrected chi connectivity index (χ0v) is 22.3. The molecule has 9 heteroatoms. The first-order valence-corrected chi connectivity index (χ1v) is 13.2. The van der Waals surface area contributed by atoms with Gasteiger partial charge in [-0.1, -0.05) is 24.3 Å². The van der Waals surface area contributed by atoms with Crippen molar-refractivity contribution in [1.82, 2.24) is 23.9 Å². The third kappa shape index (κ3) is 4.85. The lowest BCUT2D eigenvalue weighted by molar-refractivity contribution is -0.0366. The van der Waals surface area contributed by atoms with Gasteiger partial charge in [0.1, 0.15) is 5.60 Å². The molecule has 1 unspecified atom stereocenters. The molecule has 9 nitrogen and oxygen atoms in total. The fraction of sp³-hybridized carbons (Fsp3) is 0.333. The first-order valence-electron chi connectivity index (χ1n) is 13.2. The number of nitrogens with zero attached hydrogens (tertiary/aromatic N) is 5. The lowest BCUT2D eigenvalue weighted by Gasteiger charge is -2.23. The Morgan fingerprint density at radius 2 is 2.03 bits per heavy atom. The SMILES string of the molecule is CC(C)(C)OC(=O)n1c(C=O)cc2ccc(Cn3cnc(-c4cccc5c4cnn5C4CCCCO4)c3)cc21. The first kappa shape index (κ1) is 25.1. The smallest absolute Gasteiger partial charge is 0.419 e. The van der Waals surface area contributed by atoms with Gasteiger partial charge in [-0.05, 0) is 63.8 Å². The largest absolute Gasteiger partial charge is 0.443 e. The number of benzene rings is 2. The highest BCUT2D eigenvalue weighted by atomic mass is 16.6. The molecule has 1 aliphatic rings. The van der Waals surface area contributed by atoms with Crippen molar-refractivity contribution >= 4 is 34.2 Å². The molecule has 0 spiro atoms. The molecule has 0 aliphatic carbocycles. The number of carbonyl (C=O) groups excluding carboxylic acids is 2. The van der Waals surface area contributed by atoms with Gasteiger partial charge >= 0.3 is 6.09 Å². The topological polar surface area (TPSA) is 93.2 Å². The second-order valence-corrected chi connectivity index (χ2v) is 11.0. The van der Waals surface area contributed by atoms with Crippen molar-refractivity contribution in [3.8, 4) is 11.3 Å². The van der Waals surface area contributed by atoms with Crippen LogP contribution in [-0.4, -0.2) is 48.5 Å². The van der Waals surface area contributed by atoms with E-state index in [2.05, 4.69) is 22.2 Å². The molecule has 6 rings (SSSR count). The molecule has 3 aromatic heterocycles. The molecule has 1 fully saturated rings. The highest BCUT2D eigenvalue weighted by molar-refractivity contribution is 5.97. The summed E-state index contributed by atoms with van der Waals surface area (Å²) >= 11 is 0. The minimum Gasteiger partial charge on any atom is -0.443 e. The zero-order valence-electron chi connectivity index (χ0n) is 22.3. The molecule has 5 aromatic rings. The van der Waals surface area contributed by atoms with Crippen LogP contribution < -0.4 is 0 Å². The molecule has 200 valence electrons. The van der Waals surface area contributed by atoms with Crippen LogP contribution in [0, 0.1) is 0 Å². The van der Waals surface area contributed by atoms with E-state index in [9.17, 15) is 9.59 Å². The van der Waals surface area contributed by atoms with Gasteiger partial charge in [-0.25, -0.2) is 19.0 Å². The van der Waals surface area contributed by atoms with Crippen LogP contribution in [0.1, 0.15) is 62.3 Å². The van der Waals surface area contributed by atoms with Crippen LogP contribution in [0.4, 0.5) is 4.79 Å². The van der Waals surface area contributed by atoms with Gasteiger partial charge in [-0.15, -0.1) is 0 Å². The number of carbonyl (C=O) groups is 2. The van der Waals surface area contributed by atoms with Gasteiger partial charge in [-0.2, -0.15) is 5.10 Å². The second kappa shape index (κ2) is 9.81. The van der Waals surface area contributed by atoms with E-state index in [1.54, 1.807) is 33.2 Å². The molecular formula is C30H31N5O4. The van der Waals surface area contributed by atoms with Gasteiger partial charge in [0.2, 0.25) is 0 Å². The van der Waals surface area contributed by atoms with Gasteiger partial charge < -0.3 is 14.0 Å². The Morgan fingerprint density at radius 1 is 1.15 bits per heavy atom. The number of ether oxygens (including phenoxy) is 2. The van der Waals surface area contributed by atoms with Crippen molar-refractivity contribution in [2.24, 2.45) is 0 Å². The second-order valence-electron chi connectivity index (χ2n) is 11.0. The maximum absolute atomic E-state index is 12.9. The van der Waals surface area contributed by atoms with E-state index in [4.69, 9.17) is 9.47 Å². The summed E-state index contributed by atoms with van der Waals surface area (Å²) in [6.45, 7) is 6.71. The van der Waals surface area contributed by atoms with Crippen LogP contribution in [0.5, 0.6) is 0 Å². The Bertz CT molecular complexity index is 1680. The summed E-state index contributed by atoms with van der Waals surface area (Å²) in [7, 11) is 0. The fourth-order valence-corrected chi connectivity index (χ4v) is 5.20. The summed E-state index contributed by atoms with van der Waals surface area (Å²) in [4.78, 5) is 29.3. The van der Waals surface area contributed by atoms with Crippen molar-refractivity contribution in [3.63, 3.8) is 0 Å². The van der Waals surface area contributed by atoms with E-state index in [0.717, 1.165) is 59.0 Å². The third-order valence-electron chi connectivity index (χ3n) is 6.94. The third-order valence-corrected chi connectivity index (χ3v) is 6.94. The number of fused-ring (bicyclic) bond motifs is 2. The highest BCUT2D eigenvalue weighted by Gasteiger charge is 2.23. The first-order chi connectivity index (χ1) is 18.8. The van der Waals surface area contributed by atoms with Crippen molar-refractivity contribution in [1.29, 1.82) is 0 Å². The highest BCUT2D eigenvalue weighted by Crippen LogP contribution is 2.32. The minimum atomic E-state index is -0.679. The predicted octanol–water partition coefficient (Wildman–Crippen LogP) is 6.20. The molecule has 0 amide bonds. The summed E-state index contributed by atoms with van der Waals surface area (Å²) in [6, 6.07) is 13.7. The van der Waals surface area contributed by atoms with Crippen LogP contribution >= 0.6 is 0 Å². The molecule has 1 saturated heterocycles. The molecule has 2 aromatic carbocycles. The van der Waals surface area contributed by atoms with Crippen LogP contribution in [-0.2, 0) is 16.0 Å². The average molecular weight is 526 g/mol. The number of hydrogen-bond acceptors (Lipinski definition) is 6. The van der Waals surface area contributed by atoms with Crippen LogP contribution in [0.25, 0.3) is 33.1 Å². The maximum Gasteiger partial charge on any atom is 0.419 e. The monoisotopic (exact) mass is 525 g/mol. The van der Waals surface area contributed by atoms with Gasteiger partial charge in [0, 0.05) is 35.7 Å². The standard InChI is InChI=1S/C30H31N5O4/c1-30(2,3)39-29(37)34-22(18-36)14-21-11-10-20(13-27(21)34)16-33-17-25(31-19-33)23-7-6-8-26-24(23)15-32-35(26)28-9-4-5-12-38-28/h6-8,10-11,13-15,17-19,28H,4-5,9,12,16H2,1-3H3.